The number of methoxy groups -OCH3 is 1. The number of piperidine rings is 1. The van der Waals surface area contributed by atoms with Crippen LogP contribution >= 0.6 is 0 Å². The minimum absolute atomic E-state index is 0.0119. The Labute approximate surface area is 208 Å². The van der Waals surface area contributed by atoms with Crippen LogP contribution < -0.4 is 0 Å². The summed E-state index contributed by atoms with van der Waals surface area (Å²) in [5.41, 5.74) is 1.34. The molecular weight excluding hydrogens is 443 g/mol. The number of aromatic hydroxyl groups is 1. The summed E-state index contributed by atoms with van der Waals surface area (Å²) in [5, 5.41) is 9.63. The maximum atomic E-state index is 14.7. The summed E-state index contributed by atoms with van der Waals surface area (Å²) in [6.07, 6.45) is 5.34. The number of likely N-dealkylation sites (tertiary alicyclic amines) is 1. The van der Waals surface area contributed by atoms with Crippen LogP contribution in [0.15, 0.2) is 48.5 Å². The Balaban J connectivity index is 1.61. The van der Waals surface area contributed by atoms with Crippen LogP contribution in [0.5, 0.6) is 5.75 Å². The molecule has 2 aliphatic rings. The van der Waals surface area contributed by atoms with Gasteiger partial charge in [0.25, 0.3) is 5.91 Å². The fraction of sp³-hybridized carbons (Fsp3) is 0.552. The number of hydrogen-bond donors (Lipinski definition) is 1. The predicted octanol–water partition coefficient (Wildman–Crippen LogP) is 5.30. The van der Waals surface area contributed by atoms with E-state index in [-0.39, 0.29) is 23.1 Å². The van der Waals surface area contributed by atoms with Gasteiger partial charge < -0.3 is 19.6 Å². The van der Waals surface area contributed by atoms with Crippen LogP contribution in [0.1, 0.15) is 60.9 Å². The molecule has 0 bridgehead atoms. The number of carbonyl (C=O) groups is 1. The number of carbonyl (C=O) groups excluding carboxylic acids is 1. The lowest BCUT2D eigenvalue weighted by molar-refractivity contribution is 0.0601. The minimum Gasteiger partial charge on any atom is -0.508 e. The summed E-state index contributed by atoms with van der Waals surface area (Å²) in [6.45, 7) is 6.18. The normalized spacial score (nSPS) is 23.5. The number of phenolic OH excluding ortho intramolecular Hbond substituents is 1. The Morgan fingerprint density at radius 2 is 1.86 bits per heavy atom. The first kappa shape index (κ1) is 25.6. The topological polar surface area (TPSA) is 53.0 Å². The van der Waals surface area contributed by atoms with Crippen molar-refractivity contribution in [3.8, 4) is 5.75 Å². The van der Waals surface area contributed by atoms with Crippen LogP contribution in [0, 0.1) is 17.7 Å². The summed E-state index contributed by atoms with van der Waals surface area (Å²) in [4.78, 5) is 18.0. The Morgan fingerprint density at radius 1 is 1.11 bits per heavy atom. The van der Waals surface area contributed by atoms with Crippen molar-refractivity contribution < 1.29 is 19.0 Å². The average molecular weight is 483 g/mol. The number of rotatable bonds is 9. The van der Waals surface area contributed by atoms with Gasteiger partial charge in [-0.25, -0.2) is 4.39 Å². The third kappa shape index (κ3) is 6.22. The molecule has 0 aromatic heterocycles. The number of halogens is 1. The Bertz CT molecular complexity index is 962. The zero-order chi connectivity index (χ0) is 24.8. The van der Waals surface area contributed by atoms with Gasteiger partial charge in [-0.15, -0.1) is 0 Å². The molecule has 3 atom stereocenters. The molecule has 1 aliphatic carbocycles. The molecule has 0 radical (unpaired) electrons. The summed E-state index contributed by atoms with van der Waals surface area (Å²) < 4.78 is 19.9. The van der Waals surface area contributed by atoms with Gasteiger partial charge in [0.05, 0.1) is 5.56 Å². The highest BCUT2D eigenvalue weighted by atomic mass is 19.1. The number of benzene rings is 2. The van der Waals surface area contributed by atoms with Gasteiger partial charge in [-0.05, 0) is 80.6 Å². The molecule has 1 saturated carbocycles. The first-order valence-electron chi connectivity index (χ1n) is 13.0. The van der Waals surface area contributed by atoms with Crippen LogP contribution in [-0.4, -0.2) is 66.8 Å². The summed E-state index contributed by atoms with van der Waals surface area (Å²) in [5.74, 6) is 0.230. The van der Waals surface area contributed by atoms with Gasteiger partial charge in [0.15, 0.2) is 0 Å². The molecule has 1 amide bonds. The van der Waals surface area contributed by atoms with Gasteiger partial charge in [0, 0.05) is 38.9 Å². The van der Waals surface area contributed by atoms with Crippen molar-refractivity contribution in [1.82, 2.24) is 9.80 Å². The van der Waals surface area contributed by atoms with E-state index in [0.29, 0.717) is 38.1 Å². The zero-order valence-electron chi connectivity index (χ0n) is 21.0. The lowest BCUT2D eigenvalue weighted by Gasteiger charge is -2.40. The van der Waals surface area contributed by atoms with Crippen molar-refractivity contribution in [3.63, 3.8) is 0 Å². The van der Waals surface area contributed by atoms with E-state index in [1.165, 1.54) is 30.5 Å². The molecule has 3 unspecified atom stereocenters. The molecule has 1 saturated heterocycles. The number of hydrogen-bond acceptors (Lipinski definition) is 4. The second kappa shape index (κ2) is 12.0. The molecule has 2 fully saturated rings. The molecular formula is C29H39FN2O3. The molecule has 5 nitrogen and oxygen atoms in total. The SMILES string of the molecule is COCCCN(CC1C(c2ccccc2)CCC1N1CCC(C)CC1)C(=O)c1ccc(O)cc1F. The number of amides is 1. The van der Waals surface area contributed by atoms with E-state index < -0.39 is 5.82 Å². The zero-order valence-corrected chi connectivity index (χ0v) is 21.0. The van der Waals surface area contributed by atoms with Crippen molar-refractivity contribution in [2.45, 2.75) is 51.0 Å². The van der Waals surface area contributed by atoms with E-state index in [0.717, 1.165) is 37.9 Å². The van der Waals surface area contributed by atoms with E-state index in [4.69, 9.17) is 4.74 Å². The second-order valence-corrected chi connectivity index (χ2v) is 10.3. The molecule has 6 heteroatoms. The lowest BCUT2D eigenvalue weighted by atomic mass is 9.85. The van der Waals surface area contributed by atoms with Crippen molar-refractivity contribution in [1.29, 1.82) is 0 Å². The maximum Gasteiger partial charge on any atom is 0.256 e. The third-order valence-electron chi connectivity index (χ3n) is 7.98. The van der Waals surface area contributed by atoms with Gasteiger partial charge in [-0.3, -0.25) is 4.79 Å². The van der Waals surface area contributed by atoms with E-state index in [1.807, 2.05) is 11.0 Å². The van der Waals surface area contributed by atoms with Gasteiger partial charge in [0.1, 0.15) is 11.6 Å². The Morgan fingerprint density at radius 3 is 2.54 bits per heavy atom. The minimum atomic E-state index is -0.681. The molecule has 1 heterocycles. The molecule has 4 rings (SSSR count). The molecule has 35 heavy (non-hydrogen) atoms. The van der Waals surface area contributed by atoms with Crippen LogP contribution in [-0.2, 0) is 4.74 Å². The van der Waals surface area contributed by atoms with Gasteiger partial charge in [-0.1, -0.05) is 37.3 Å². The standard InChI is InChI=1S/C29H39FN2O3/c1-21-13-16-31(17-14-21)28-12-11-24(22-7-4-3-5-8-22)26(28)20-32(15-6-18-35-2)29(34)25-10-9-23(33)19-27(25)30/h3-5,7-10,19,21,24,26,28,33H,6,11-18,20H2,1-2H3. The summed E-state index contributed by atoms with van der Waals surface area (Å²) in [7, 11) is 1.65. The van der Waals surface area contributed by atoms with Crippen LogP contribution in [0.4, 0.5) is 4.39 Å². The highest BCUT2D eigenvalue weighted by Gasteiger charge is 2.42. The first-order chi connectivity index (χ1) is 17.0. The molecule has 190 valence electrons. The quantitative estimate of drug-likeness (QED) is 0.493. The maximum absolute atomic E-state index is 14.7. The highest BCUT2D eigenvalue weighted by molar-refractivity contribution is 5.94. The van der Waals surface area contributed by atoms with E-state index in [9.17, 15) is 14.3 Å². The summed E-state index contributed by atoms with van der Waals surface area (Å²) in [6, 6.07) is 14.8. The average Bonchev–Trinajstić information content (AvgIpc) is 3.27. The summed E-state index contributed by atoms with van der Waals surface area (Å²) >= 11 is 0. The predicted molar refractivity (Wildman–Crippen MR) is 136 cm³/mol. The van der Waals surface area contributed by atoms with Crippen LogP contribution in [0.2, 0.25) is 0 Å². The molecule has 2 aromatic carbocycles. The fourth-order valence-corrected chi connectivity index (χ4v) is 6.00. The second-order valence-electron chi connectivity index (χ2n) is 10.3. The lowest BCUT2D eigenvalue weighted by Crippen LogP contribution is -2.48. The molecule has 2 aromatic rings. The van der Waals surface area contributed by atoms with E-state index in [2.05, 4.69) is 36.1 Å². The number of ether oxygens (including phenoxy) is 1. The molecule has 1 aliphatic heterocycles. The van der Waals surface area contributed by atoms with Crippen LogP contribution in [0.25, 0.3) is 0 Å². The van der Waals surface area contributed by atoms with E-state index in [1.54, 1.807) is 7.11 Å². The number of nitrogens with zero attached hydrogens (tertiary/aromatic N) is 2. The fourth-order valence-electron chi connectivity index (χ4n) is 6.00. The van der Waals surface area contributed by atoms with Gasteiger partial charge in [-0.2, -0.15) is 0 Å². The number of phenols is 1. The van der Waals surface area contributed by atoms with Gasteiger partial charge >= 0.3 is 0 Å². The molecule has 0 spiro atoms. The van der Waals surface area contributed by atoms with Crippen LogP contribution in [0.3, 0.4) is 0 Å². The smallest absolute Gasteiger partial charge is 0.256 e. The monoisotopic (exact) mass is 482 g/mol. The van der Waals surface area contributed by atoms with Gasteiger partial charge in [0.2, 0.25) is 0 Å². The highest BCUT2D eigenvalue weighted by Crippen LogP contribution is 2.43. The van der Waals surface area contributed by atoms with E-state index >= 15 is 0 Å². The van der Waals surface area contributed by atoms with Crippen molar-refractivity contribution in [2.75, 3.05) is 39.9 Å². The van der Waals surface area contributed by atoms with Crippen molar-refractivity contribution in [3.05, 3.63) is 65.5 Å². The van der Waals surface area contributed by atoms with Crippen molar-refractivity contribution >= 4 is 5.91 Å². The Hall–Kier alpha value is -2.44. The largest absolute Gasteiger partial charge is 0.508 e. The Kier molecular flexibility index (Phi) is 8.79. The molecule has 1 N–H and O–H groups in total. The first-order valence-corrected chi connectivity index (χ1v) is 13.0. The third-order valence-corrected chi connectivity index (χ3v) is 7.98. The van der Waals surface area contributed by atoms with Crippen molar-refractivity contribution in [2.24, 2.45) is 11.8 Å².